The molecule has 2 aliphatic heterocycles. The molecule has 2 aliphatic rings. The van der Waals surface area contributed by atoms with Crippen molar-refractivity contribution in [2.24, 2.45) is 0 Å². The zero-order valence-electron chi connectivity index (χ0n) is 10.2. The third-order valence-electron chi connectivity index (χ3n) is 3.56. The Balaban J connectivity index is 1.73. The van der Waals surface area contributed by atoms with Crippen LogP contribution in [-0.2, 0) is 0 Å². The third kappa shape index (κ3) is 2.07. The van der Waals surface area contributed by atoms with Gasteiger partial charge >= 0.3 is 12.0 Å². The lowest BCUT2D eigenvalue weighted by Gasteiger charge is -2.37. The maximum absolute atomic E-state index is 11.5. The normalized spacial score (nSPS) is 22.1. The Kier molecular flexibility index (Phi) is 2.73. The van der Waals surface area contributed by atoms with Gasteiger partial charge in [0.2, 0.25) is 0 Å². The fraction of sp³-hybridized carbons (Fsp3) is 0.417. The van der Waals surface area contributed by atoms with E-state index in [4.69, 9.17) is 5.11 Å². The van der Waals surface area contributed by atoms with Gasteiger partial charge < -0.3 is 20.2 Å². The number of pyridine rings is 1. The molecule has 7 nitrogen and oxygen atoms in total. The third-order valence-corrected chi connectivity index (χ3v) is 3.56. The van der Waals surface area contributed by atoms with Gasteiger partial charge in [0, 0.05) is 26.2 Å². The van der Waals surface area contributed by atoms with Crippen LogP contribution in [0.15, 0.2) is 18.3 Å². The Morgan fingerprint density at radius 1 is 1.42 bits per heavy atom. The molecule has 2 N–H and O–H groups in total. The van der Waals surface area contributed by atoms with Crippen molar-refractivity contribution in [3.8, 4) is 0 Å². The molecule has 100 valence electrons. The molecule has 0 bridgehead atoms. The van der Waals surface area contributed by atoms with E-state index in [1.54, 1.807) is 12.3 Å². The number of hydrogen-bond acceptors (Lipinski definition) is 4. The van der Waals surface area contributed by atoms with Crippen LogP contribution in [0.25, 0.3) is 0 Å². The fourth-order valence-corrected chi connectivity index (χ4v) is 2.54. The summed E-state index contributed by atoms with van der Waals surface area (Å²) in [5, 5.41) is 11.6. The molecule has 0 saturated carbocycles. The van der Waals surface area contributed by atoms with Crippen molar-refractivity contribution in [1.82, 2.24) is 15.2 Å². The number of piperazine rings is 1. The molecule has 7 heteroatoms. The van der Waals surface area contributed by atoms with E-state index in [0.29, 0.717) is 13.1 Å². The van der Waals surface area contributed by atoms with Gasteiger partial charge in [-0.25, -0.2) is 14.6 Å². The maximum Gasteiger partial charge on any atom is 0.354 e. The van der Waals surface area contributed by atoms with E-state index in [0.717, 1.165) is 18.8 Å². The molecule has 1 unspecified atom stereocenters. The van der Waals surface area contributed by atoms with E-state index in [-0.39, 0.29) is 17.8 Å². The predicted octanol–water partition coefficient (Wildman–Crippen LogP) is -0.00640. The van der Waals surface area contributed by atoms with Crippen molar-refractivity contribution in [2.75, 3.05) is 31.1 Å². The number of carbonyl (C=O) groups is 2. The minimum Gasteiger partial charge on any atom is -0.477 e. The summed E-state index contributed by atoms with van der Waals surface area (Å²) in [6.45, 7) is 2.82. The Hall–Kier alpha value is -2.31. The molecular weight excluding hydrogens is 248 g/mol. The van der Waals surface area contributed by atoms with E-state index in [1.807, 2.05) is 4.90 Å². The van der Waals surface area contributed by atoms with Gasteiger partial charge in [-0.2, -0.15) is 0 Å². The quantitative estimate of drug-likeness (QED) is 0.783. The van der Waals surface area contributed by atoms with Crippen LogP contribution in [0.1, 0.15) is 10.5 Å². The highest BCUT2D eigenvalue weighted by Gasteiger charge is 2.35. The lowest BCUT2D eigenvalue weighted by atomic mass is 10.2. The number of urea groups is 1. The van der Waals surface area contributed by atoms with Crippen LogP contribution in [0.5, 0.6) is 0 Å². The van der Waals surface area contributed by atoms with Crippen LogP contribution in [-0.4, -0.2) is 59.2 Å². The molecule has 0 spiro atoms. The minimum absolute atomic E-state index is 0.00370. The van der Waals surface area contributed by atoms with Gasteiger partial charge in [0.1, 0.15) is 5.69 Å². The van der Waals surface area contributed by atoms with Gasteiger partial charge in [-0.3, -0.25) is 0 Å². The Bertz CT molecular complexity index is 516. The number of anilines is 1. The molecule has 0 radical (unpaired) electrons. The number of nitrogens with zero attached hydrogens (tertiary/aromatic N) is 3. The van der Waals surface area contributed by atoms with Gasteiger partial charge in [-0.15, -0.1) is 0 Å². The topological polar surface area (TPSA) is 85.8 Å². The standard InChI is InChI=1S/C12H14N4O3/c17-11(18)10-2-1-8(5-13-10)15-3-4-16-9(7-15)6-14-12(16)19/h1-2,5,9H,3-4,6-7H2,(H,14,19)(H,17,18). The number of carboxylic acid groups (broad SMARTS) is 1. The number of amides is 2. The number of carboxylic acids is 1. The van der Waals surface area contributed by atoms with E-state index in [1.165, 1.54) is 6.07 Å². The van der Waals surface area contributed by atoms with Gasteiger partial charge in [-0.05, 0) is 12.1 Å². The highest BCUT2D eigenvalue weighted by molar-refractivity contribution is 5.85. The summed E-state index contributed by atoms with van der Waals surface area (Å²) in [4.78, 5) is 30.1. The van der Waals surface area contributed by atoms with Gasteiger partial charge in [-0.1, -0.05) is 0 Å². The van der Waals surface area contributed by atoms with Crippen molar-refractivity contribution in [3.63, 3.8) is 0 Å². The molecular formula is C12H14N4O3. The lowest BCUT2D eigenvalue weighted by Crippen LogP contribution is -2.52. The molecule has 1 atom stereocenters. The second kappa shape index (κ2) is 4.42. The van der Waals surface area contributed by atoms with Crippen molar-refractivity contribution < 1.29 is 14.7 Å². The SMILES string of the molecule is O=C(O)c1ccc(N2CCN3C(=O)NCC3C2)cn1. The maximum atomic E-state index is 11.5. The van der Waals surface area contributed by atoms with E-state index >= 15 is 0 Å². The van der Waals surface area contributed by atoms with Crippen LogP contribution in [0.2, 0.25) is 0 Å². The summed E-state index contributed by atoms with van der Waals surface area (Å²) >= 11 is 0. The van der Waals surface area contributed by atoms with E-state index in [2.05, 4.69) is 15.2 Å². The summed E-state index contributed by atoms with van der Waals surface area (Å²) in [5.74, 6) is -1.03. The van der Waals surface area contributed by atoms with E-state index in [9.17, 15) is 9.59 Å². The fourth-order valence-electron chi connectivity index (χ4n) is 2.54. The van der Waals surface area contributed by atoms with Crippen LogP contribution < -0.4 is 10.2 Å². The number of carbonyl (C=O) groups excluding carboxylic acids is 1. The summed E-state index contributed by atoms with van der Waals surface area (Å²) in [7, 11) is 0. The first-order valence-corrected chi connectivity index (χ1v) is 6.14. The zero-order chi connectivity index (χ0) is 13.4. The van der Waals surface area contributed by atoms with Gasteiger partial charge in [0.15, 0.2) is 0 Å². The predicted molar refractivity (Wildman–Crippen MR) is 67.3 cm³/mol. The molecule has 2 fully saturated rings. The van der Waals surface area contributed by atoms with Gasteiger partial charge in [0.05, 0.1) is 17.9 Å². The van der Waals surface area contributed by atoms with Crippen molar-refractivity contribution in [3.05, 3.63) is 24.0 Å². The molecule has 19 heavy (non-hydrogen) atoms. The first kappa shape index (κ1) is 11.8. The number of fused-ring (bicyclic) bond motifs is 1. The zero-order valence-corrected chi connectivity index (χ0v) is 10.2. The van der Waals surface area contributed by atoms with Crippen molar-refractivity contribution in [1.29, 1.82) is 0 Å². The molecule has 1 aromatic heterocycles. The van der Waals surface area contributed by atoms with Crippen molar-refractivity contribution >= 4 is 17.7 Å². The molecule has 3 rings (SSSR count). The number of aromatic nitrogens is 1. The smallest absolute Gasteiger partial charge is 0.354 e. The van der Waals surface area contributed by atoms with Gasteiger partial charge in [0.25, 0.3) is 0 Å². The molecule has 1 aromatic rings. The summed E-state index contributed by atoms with van der Waals surface area (Å²) < 4.78 is 0. The monoisotopic (exact) mass is 262 g/mol. The van der Waals surface area contributed by atoms with Crippen molar-refractivity contribution in [2.45, 2.75) is 6.04 Å². The lowest BCUT2D eigenvalue weighted by molar-refractivity contribution is 0.0690. The molecule has 0 aliphatic carbocycles. The first-order chi connectivity index (χ1) is 9.15. The van der Waals surface area contributed by atoms with Crippen LogP contribution in [0.4, 0.5) is 10.5 Å². The van der Waals surface area contributed by atoms with E-state index < -0.39 is 5.97 Å². The number of nitrogens with one attached hydrogen (secondary N) is 1. The number of hydrogen-bond donors (Lipinski definition) is 2. The summed E-state index contributed by atoms with van der Waals surface area (Å²) in [5.41, 5.74) is 0.934. The summed E-state index contributed by atoms with van der Waals surface area (Å²) in [6.07, 6.45) is 1.57. The largest absolute Gasteiger partial charge is 0.477 e. The molecule has 3 heterocycles. The second-order valence-electron chi connectivity index (χ2n) is 4.69. The number of aromatic carboxylic acids is 1. The average molecular weight is 262 g/mol. The Labute approximate surface area is 109 Å². The second-order valence-corrected chi connectivity index (χ2v) is 4.69. The minimum atomic E-state index is -1.03. The molecule has 0 aromatic carbocycles. The molecule has 2 amide bonds. The highest BCUT2D eigenvalue weighted by atomic mass is 16.4. The molecule has 2 saturated heterocycles. The Morgan fingerprint density at radius 2 is 2.26 bits per heavy atom. The average Bonchev–Trinajstić information content (AvgIpc) is 2.80. The highest BCUT2D eigenvalue weighted by Crippen LogP contribution is 2.20. The van der Waals surface area contributed by atoms with Crippen LogP contribution in [0.3, 0.4) is 0 Å². The van der Waals surface area contributed by atoms with Crippen LogP contribution >= 0.6 is 0 Å². The number of rotatable bonds is 2. The first-order valence-electron chi connectivity index (χ1n) is 6.14. The van der Waals surface area contributed by atoms with Crippen LogP contribution in [0, 0.1) is 0 Å². The Morgan fingerprint density at radius 3 is 2.95 bits per heavy atom. The summed E-state index contributed by atoms with van der Waals surface area (Å²) in [6, 6.07) is 3.45.